The number of carbonyl (C=O) groups excluding carboxylic acids is 2. The number of hydrogen-bond acceptors (Lipinski definition) is 5. The van der Waals surface area contributed by atoms with Crippen molar-refractivity contribution in [1.29, 1.82) is 0 Å². The third-order valence-corrected chi connectivity index (χ3v) is 14.5. The van der Waals surface area contributed by atoms with Gasteiger partial charge in [0.15, 0.2) is 5.60 Å². The van der Waals surface area contributed by atoms with Crippen molar-refractivity contribution in [2.45, 2.75) is 131 Å². The van der Waals surface area contributed by atoms with E-state index in [0.29, 0.717) is 23.7 Å². The third-order valence-electron chi connectivity index (χ3n) is 14.5. The number of fused-ring (bicyclic) bond motifs is 7. The lowest BCUT2D eigenvalue weighted by Crippen LogP contribution is -2.67. The van der Waals surface area contributed by atoms with Gasteiger partial charge in [-0.3, -0.25) is 4.79 Å². The van der Waals surface area contributed by atoms with E-state index in [1.54, 1.807) is 13.8 Å². The van der Waals surface area contributed by atoms with Gasteiger partial charge < -0.3 is 14.6 Å². The molecule has 5 saturated carbocycles. The van der Waals surface area contributed by atoms with Gasteiger partial charge in [0.2, 0.25) is 0 Å². The van der Waals surface area contributed by atoms with Gasteiger partial charge in [-0.1, -0.05) is 41.5 Å². The van der Waals surface area contributed by atoms with Gasteiger partial charge in [-0.2, -0.15) is 0 Å². The predicted molar refractivity (Wildman–Crippen MR) is 148 cm³/mol. The van der Waals surface area contributed by atoms with Gasteiger partial charge in [-0.25, -0.2) is 4.79 Å². The first kappa shape index (κ1) is 28.4. The fraction of sp³-hybridized carbons (Fsp3) is 0.939. The highest BCUT2D eigenvalue weighted by molar-refractivity contribution is 5.79. The molecule has 0 aliphatic heterocycles. The van der Waals surface area contributed by atoms with Crippen LogP contribution in [-0.2, 0) is 19.1 Å². The molecule has 1 N–H and O–H groups in total. The molecule has 0 radical (unpaired) electrons. The van der Waals surface area contributed by atoms with Crippen molar-refractivity contribution in [1.82, 2.24) is 0 Å². The summed E-state index contributed by atoms with van der Waals surface area (Å²) in [5.41, 5.74) is -0.511. The second kappa shape index (κ2) is 8.70. The summed E-state index contributed by atoms with van der Waals surface area (Å²) >= 11 is 0. The summed E-state index contributed by atoms with van der Waals surface area (Å²) in [4.78, 5) is 24.5. The van der Waals surface area contributed by atoms with Gasteiger partial charge in [-0.15, -0.1) is 0 Å². The normalized spacial score (nSPS) is 50.9. The maximum absolute atomic E-state index is 12.6. The summed E-state index contributed by atoms with van der Waals surface area (Å²) in [5.74, 6) is 1.55. The fourth-order valence-electron chi connectivity index (χ4n) is 12.6. The van der Waals surface area contributed by atoms with Crippen LogP contribution in [0.15, 0.2) is 0 Å². The van der Waals surface area contributed by atoms with E-state index in [2.05, 4.69) is 41.5 Å². The minimum absolute atomic E-state index is 0.0143. The second-order valence-electron chi connectivity index (χ2n) is 16.0. The molecule has 11 atom stereocenters. The molecule has 5 aliphatic rings. The Morgan fingerprint density at radius 2 is 1.32 bits per heavy atom. The summed E-state index contributed by atoms with van der Waals surface area (Å²) in [5, 5.41) is 11.3. The zero-order chi connectivity index (χ0) is 28.1. The Bertz CT molecular complexity index is 986. The zero-order valence-corrected chi connectivity index (χ0v) is 25.6. The van der Waals surface area contributed by atoms with Crippen LogP contribution in [0.5, 0.6) is 0 Å². The van der Waals surface area contributed by atoms with E-state index >= 15 is 0 Å². The lowest BCUT2D eigenvalue weighted by Gasteiger charge is -2.73. The molecular weight excluding hydrogens is 476 g/mol. The van der Waals surface area contributed by atoms with Crippen LogP contribution >= 0.6 is 0 Å². The van der Waals surface area contributed by atoms with Crippen molar-refractivity contribution >= 4 is 11.9 Å². The minimum Gasteiger partial charge on any atom is -0.467 e. The van der Waals surface area contributed by atoms with Crippen molar-refractivity contribution in [3.05, 3.63) is 0 Å². The van der Waals surface area contributed by atoms with E-state index < -0.39 is 11.6 Å². The number of hydrogen-bond donors (Lipinski definition) is 1. The standard InChI is InChI=1S/C33H54O5/c1-20(34)38-26-15-17-30(5)23(28(26,2)3)14-19-32(7)25(30)11-10-24-29(4)16-12-22(33(8,36)27(35)37-9)21(29)13-18-31(24,32)6/h21-26,36H,10-19H2,1-9H3/t21-,22-,23+,24+,25+,26+,29-,30-,31+,32+,33-/m0/s1. The topological polar surface area (TPSA) is 72.8 Å². The molecule has 0 heterocycles. The predicted octanol–water partition coefficient (Wildman–Crippen LogP) is 6.94. The Morgan fingerprint density at radius 1 is 0.763 bits per heavy atom. The fourth-order valence-corrected chi connectivity index (χ4v) is 12.6. The Morgan fingerprint density at radius 3 is 1.89 bits per heavy atom. The highest BCUT2D eigenvalue weighted by Crippen LogP contribution is 2.78. The van der Waals surface area contributed by atoms with Crippen LogP contribution in [0.3, 0.4) is 0 Å². The van der Waals surface area contributed by atoms with Crippen LogP contribution in [0.25, 0.3) is 0 Å². The number of carbonyl (C=O) groups is 2. The summed E-state index contributed by atoms with van der Waals surface area (Å²) in [6.45, 7) is 18.3. The van der Waals surface area contributed by atoms with Crippen LogP contribution in [0, 0.1) is 56.7 Å². The lowest BCUT2D eigenvalue weighted by atomic mass is 9.32. The zero-order valence-electron chi connectivity index (χ0n) is 25.6. The molecule has 38 heavy (non-hydrogen) atoms. The Hall–Kier alpha value is -1.10. The van der Waals surface area contributed by atoms with Crippen LogP contribution in [0.4, 0.5) is 0 Å². The van der Waals surface area contributed by atoms with E-state index in [0.717, 1.165) is 32.1 Å². The molecule has 0 aromatic carbocycles. The maximum Gasteiger partial charge on any atom is 0.337 e. The molecule has 5 fully saturated rings. The number of ether oxygens (including phenoxy) is 2. The van der Waals surface area contributed by atoms with Crippen molar-refractivity contribution < 1.29 is 24.2 Å². The van der Waals surface area contributed by atoms with Gasteiger partial charge in [-0.05, 0) is 116 Å². The van der Waals surface area contributed by atoms with Gasteiger partial charge in [0, 0.05) is 18.3 Å². The van der Waals surface area contributed by atoms with Crippen molar-refractivity contribution in [3.63, 3.8) is 0 Å². The molecule has 5 heteroatoms. The monoisotopic (exact) mass is 530 g/mol. The third kappa shape index (κ3) is 3.51. The molecule has 5 aliphatic carbocycles. The molecule has 0 bridgehead atoms. The Balaban J connectivity index is 1.46. The van der Waals surface area contributed by atoms with E-state index in [-0.39, 0.29) is 45.1 Å². The molecule has 216 valence electrons. The highest BCUT2D eigenvalue weighted by Gasteiger charge is 2.71. The lowest BCUT2D eigenvalue weighted by molar-refractivity contribution is -0.255. The quantitative estimate of drug-likeness (QED) is 0.400. The summed E-state index contributed by atoms with van der Waals surface area (Å²) in [6, 6.07) is 0. The number of esters is 2. The van der Waals surface area contributed by atoms with Gasteiger partial charge in [0.05, 0.1) is 7.11 Å². The molecule has 5 nitrogen and oxygen atoms in total. The number of rotatable bonds is 3. The average Bonchev–Trinajstić information content (AvgIpc) is 3.18. The summed E-state index contributed by atoms with van der Waals surface area (Å²) < 4.78 is 10.9. The molecule has 0 saturated heterocycles. The van der Waals surface area contributed by atoms with E-state index in [1.807, 2.05) is 0 Å². The minimum atomic E-state index is -1.41. The number of aliphatic hydroxyl groups is 1. The Labute approximate surface area is 231 Å². The smallest absolute Gasteiger partial charge is 0.337 e. The van der Waals surface area contributed by atoms with E-state index in [1.165, 1.54) is 39.2 Å². The largest absolute Gasteiger partial charge is 0.467 e. The molecule has 0 aromatic heterocycles. The SMILES string of the molecule is COC(=O)[C@@](C)(O)[C@H]1CC[C@]2(C)[C@H]3CC[C@@H]4[C@@]5(C)CC[C@@H](OC(C)=O)C(C)(C)[C@H]5CC[C@@]4(C)[C@]3(C)CC[C@@H]12. The average molecular weight is 531 g/mol. The molecular formula is C33H54O5. The Kier molecular flexibility index (Phi) is 6.51. The first-order valence-electron chi connectivity index (χ1n) is 15.5. The van der Waals surface area contributed by atoms with E-state index in [4.69, 9.17) is 9.47 Å². The molecule has 0 unspecified atom stereocenters. The highest BCUT2D eigenvalue weighted by atomic mass is 16.5. The summed E-state index contributed by atoms with van der Waals surface area (Å²) in [7, 11) is 1.39. The van der Waals surface area contributed by atoms with Gasteiger partial charge >= 0.3 is 11.9 Å². The van der Waals surface area contributed by atoms with Crippen molar-refractivity contribution in [3.8, 4) is 0 Å². The first-order chi connectivity index (χ1) is 17.5. The molecule has 0 aromatic rings. The number of methoxy groups -OCH3 is 1. The first-order valence-corrected chi connectivity index (χ1v) is 15.5. The maximum atomic E-state index is 12.6. The molecule has 5 rings (SSSR count). The van der Waals surface area contributed by atoms with Gasteiger partial charge in [0.25, 0.3) is 0 Å². The van der Waals surface area contributed by atoms with Crippen LogP contribution in [-0.4, -0.2) is 35.9 Å². The van der Waals surface area contributed by atoms with Crippen molar-refractivity contribution in [2.24, 2.45) is 56.7 Å². The van der Waals surface area contributed by atoms with Crippen LogP contribution < -0.4 is 0 Å². The molecule has 0 spiro atoms. The van der Waals surface area contributed by atoms with E-state index in [9.17, 15) is 14.7 Å². The van der Waals surface area contributed by atoms with Crippen LogP contribution in [0.1, 0.15) is 120 Å². The summed E-state index contributed by atoms with van der Waals surface area (Å²) in [6.07, 6.45) is 11.3. The van der Waals surface area contributed by atoms with Crippen LogP contribution in [0.2, 0.25) is 0 Å². The van der Waals surface area contributed by atoms with Gasteiger partial charge in [0.1, 0.15) is 6.10 Å². The second-order valence-corrected chi connectivity index (χ2v) is 16.0. The van der Waals surface area contributed by atoms with Crippen molar-refractivity contribution in [2.75, 3.05) is 7.11 Å². The molecule has 0 amide bonds.